The van der Waals surface area contributed by atoms with Gasteiger partial charge in [0.05, 0.1) is 7.05 Å². The molecule has 0 aromatic carbocycles. The van der Waals surface area contributed by atoms with Crippen LogP contribution in [0.25, 0.3) is 0 Å². The van der Waals surface area contributed by atoms with E-state index in [1.807, 2.05) is 0 Å². The van der Waals surface area contributed by atoms with Crippen molar-refractivity contribution in [1.82, 2.24) is 4.90 Å². The van der Waals surface area contributed by atoms with Gasteiger partial charge in [-0.05, 0) is 0 Å². The topological polar surface area (TPSA) is 80.5 Å². The molecule has 1 radical (unpaired) electrons. The van der Waals surface area contributed by atoms with Crippen molar-refractivity contribution < 1.29 is 18.3 Å². The van der Waals surface area contributed by atoms with Crippen LogP contribution in [0.5, 0.6) is 0 Å². The van der Waals surface area contributed by atoms with Gasteiger partial charge in [0.2, 0.25) is 18.6 Å². The molecule has 0 spiro atoms. The van der Waals surface area contributed by atoms with Gasteiger partial charge in [-0.3, -0.25) is 9.59 Å². The van der Waals surface area contributed by atoms with Crippen LogP contribution in [0.15, 0.2) is 11.4 Å². The summed E-state index contributed by atoms with van der Waals surface area (Å²) >= 11 is 4.87. The van der Waals surface area contributed by atoms with Gasteiger partial charge in [0.15, 0.2) is 11.9 Å². The van der Waals surface area contributed by atoms with E-state index in [2.05, 4.69) is 0 Å². The molecule has 2 N–H and O–H groups in total. The van der Waals surface area contributed by atoms with Crippen LogP contribution < -0.4 is 5.73 Å². The van der Waals surface area contributed by atoms with Crippen LogP contribution in [0.1, 0.15) is 0 Å². The summed E-state index contributed by atoms with van der Waals surface area (Å²) < 4.78 is -0.726. The standard InChI is InChI=1S/C7H9N3O3S/c1-9-6(12)4(3-11)5(8)10(2,14)7(9)13/h3H,8H2,1-2H3/q+1. The second-order valence-electron chi connectivity index (χ2n) is 2.99. The first kappa shape index (κ1) is 10.7. The quantitative estimate of drug-likeness (QED) is 0.363. The van der Waals surface area contributed by atoms with Crippen molar-refractivity contribution in [3.63, 3.8) is 0 Å². The molecular weight excluding hydrogens is 206 g/mol. The zero-order valence-electron chi connectivity index (χ0n) is 7.68. The molecule has 0 aromatic rings. The lowest BCUT2D eigenvalue weighted by atomic mass is 10.2. The molecule has 1 aliphatic rings. The third-order valence-corrected chi connectivity index (χ3v) is 2.39. The molecule has 1 atom stereocenters. The number of rotatable bonds is 1. The second-order valence-corrected chi connectivity index (χ2v) is 3.72. The van der Waals surface area contributed by atoms with E-state index in [0.717, 1.165) is 4.90 Å². The Morgan fingerprint density at radius 2 is 2.00 bits per heavy atom. The van der Waals surface area contributed by atoms with Crippen molar-refractivity contribution in [2.24, 2.45) is 5.73 Å². The fraction of sp³-hybridized carbons (Fsp3) is 0.286. The lowest BCUT2D eigenvalue weighted by Gasteiger charge is -2.30. The van der Waals surface area contributed by atoms with Crippen LogP contribution >= 0.6 is 12.8 Å². The Labute approximate surface area is 86.1 Å². The maximum absolute atomic E-state index is 11.5. The number of aldehydes is 1. The summed E-state index contributed by atoms with van der Waals surface area (Å²) in [6, 6.07) is -0.645. The Kier molecular flexibility index (Phi) is 2.38. The number of quaternary nitrogens is 1. The number of carbonyl (C=O) groups is 3. The largest absolute Gasteiger partial charge is 0.444 e. The minimum Gasteiger partial charge on any atom is -0.353 e. The van der Waals surface area contributed by atoms with Gasteiger partial charge in [-0.2, -0.15) is 0 Å². The number of amides is 3. The maximum atomic E-state index is 11.5. The van der Waals surface area contributed by atoms with Gasteiger partial charge in [0, 0.05) is 7.05 Å². The number of nitrogens with two attached hydrogens (primary N) is 1. The number of imide groups is 1. The van der Waals surface area contributed by atoms with E-state index in [1.54, 1.807) is 0 Å². The molecule has 0 aliphatic carbocycles. The van der Waals surface area contributed by atoms with Crippen LogP contribution in [-0.2, 0) is 9.59 Å². The third-order valence-electron chi connectivity index (χ3n) is 2.04. The van der Waals surface area contributed by atoms with Crippen molar-refractivity contribution in [2.45, 2.75) is 0 Å². The van der Waals surface area contributed by atoms with E-state index in [1.165, 1.54) is 14.1 Å². The van der Waals surface area contributed by atoms with E-state index >= 15 is 0 Å². The van der Waals surface area contributed by atoms with Crippen LogP contribution in [0, 0.1) is 0 Å². The molecule has 1 heterocycles. The summed E-state index contributed by atoms with van der Waals surface area (Å²) in [7, 11) is 2.59. The third kappa shape index (κ3) is 1.21. The molecule has 1 aliphatic heterocycles. The van der Waals surface area contributed by atoms with E-state index in [-0.39, 0.29) is 11.4 Å². The highest BCUT2D eigenvalue weighted by molar-refractivity contribution is 7.74. The molecule has 1 rings (SSSR count). The van der Waals surface area contributed by atoms with Crippen molar-refractivity contribution in [1.29, 1.82) is 0 Å². The number of urea groups is 1. The second kappa shape index (κ2) is 3.10. The molecule has 6 nitrogen and oxygen atoms in total. The molecule has 0 fully saturated rings. The number of hydrogen-bond donors (Lipinski definition) is 1. The first-order valence-electron chi connectivity index (χ1n) is 3.69. The van der Waals surface area contributed by atoms with Gasteiger partial charge in [0.1, 0.15) is 0 Å². The Morgan fingerprint density at radius 3 is 2.43 bits per heavy atom. The highest BCUT2D eigenvalue weighted by Gasteiger charge is 2.47. The normalized spacial score (nSPS) is 28.4. The first-order valence-corrected chi connectivity index (χ1v) is 4.06. The fourth-order valence-electron chi connectivity index (χ4n) is 1.11. The van der Waals surface area contributed by atoms with E-state index in [4.69, 9.17) is 18.5 Å². The monoisotopic (exact) mass is 215 g/mol. The van der Waals surface area contributed by atoms with Crippen molar-refractivity contribution >= 4 is 31.0 Å². The van der Waals surface area contributed by atoms with Crippen LogP contribution in [0.3, 0.4) is 0 Å². The first-order chi connectivity index (χ1) is 6.34. The van der Waals surface area contributed by atoms with E-state index < -0.39 is 15.8 Å². The lowest BCUT2D eigenvalue weighted by Crippen LogP contribution is -2.57. The van der Waals surface area contributed by atoms with Gasteiger partial charge in [-0.1, -0.05) is 0 Å². The maximum Gasteiger partial charge on any atom is 0.444 e. The zero-order chi connectivity index (χ0) is 11.1. The predicted octanol–water partition coefficient (Wildman–Crippen LogP) is -0.493. The Balaban J connectivity index is 3.42. The van der Waals surface area contributed by atoms with E-state index in [9.17, 15) is 14.4 Å². The van der Waals surface area contributed by atoms with Crippen LogP contribution in [0.4, 0.5) is 4.79 Å². The van der Waals surface area contributed by atoms with Gasteiger partial charge in [-0.15, -0.1) is 3.89 Å². The summed E-state index contributed by atoms with van der Waals surface area (Å²) in [4.78, 5) is 34.2. The molecule has 1 unspecified atom stereocenters. The fourth-order valence-corrected chi connectivity index (χ4v) is 1.33. The smallest absolute Gasteiger partial charge is 0.353 e. The predicted molar refractivity (Wildman–Crippen MR) is 49.2 cm³/mol. The summed E-state index contributed by atoms with van der Waals surface area (Å²) in [5.74, 6) is -0.925. The van der Waals surface area contributed by atoms with Crippen molar-refractivity contribution in [2.75, 3.05) is 14.1 Å². The van der Waals surface area contributed by atoms with Crippen molar-refractivity contribution in [3.8, 4) is 0 Å². The minimum absolute atomic E-state index is 0.205. The van der Waals surface area contributed by atoms with Crippen LogP contribution in [0.2, 0.25) is 0 Å². The number of nitrogens with zero attached hydrogens (tertiary/aromatic N) is 2. The summed E-state index contributed by atoms with van der Waals surface area (Å²) in [5, 5.41) is 0. The molecule has 7 heteroatoms. The number of carbonyl (C=O) groups excluding carboxylic acids is 3. The highest BCUT2D eigenvalue weighted by Crippen LogP contribution is 2.25. The van der Waals surface area contributed by atoms with Crippen molar-refractivity contribution in [3.05, 3.63) is 11.4 Å². The molecule has 0 saturated heterocycles. The molecule has 0 saturated carbocycles. The molecule has 75 valence electrons. The van der Waals surface area contributed by atoms with Gasteiger partial charge >= 0.3 is 6.03 Å². The Bertz CT molecular complexity index is 361. The molecular formula is C7H9N3O3S+. The van der Waals surface area contributed by atoms with E-state index in [0.29, 0.717) is 6.29 Å². The summed E-state index contributed by atoms with van der Waals surface area (Å²) in [5.41, 5.74) is 5.20. The average Bonchev–Trinajstić information content (AvgIpc) is 2.14. The lowest BCUT2D eigenvalue weighted by molar-refractivity contribution is -0.643. The van der Waals surface area contributed by atoms with Gasteiger partial charge in [-0.25, -0.2) is 9.69 Å². The molecule has 14 heavy (non-hydrogen) atoms. The Morgan fingerprint density at radius 1 is 1.50 bits per heavy atom. The molecule has 0 bridgehead atoms. The summed E-state index contributed by atoms with van der Waals surface area (Å²) in [6.45, 7) is 0. The average molecular weight is 215 g/mol. The van der Waals surface area contributed by atoms with Gasteiger partial charge in [0.25, 0.3) is 5.91 Å². The number of likely N-dealkylation sites (N-methyl/N-ethyl adjacent to an activating group) is 1. The Hall–Kier alpha value is -1.34. The molecule has 0 aromatic heterocycles. The van der Waals surface area contributed by atoms with Crippen LogP contribution in [-0.4, -0.2) is 41.1 Å². The SMILES string of the molecule is CN1C(=O)C(C=O)=C(N)[N+](C)([S])C1=O. The number of hydrogen-bond acceptors (Lipinski definition) is 4. The summed E-state index contributed by atoms with van der Waals surface area (Å²) in [6.07, 6.45) is 0.309. The van der Waals surface area contributed by atoms with Gasteiger partial charge < -0.3 is 5.73 Å². The molecule has 3 amide bonds. The minimum atomic E-state index is -0.726. The zero-order valence-corrected chi connectivity index (χ0v) is 8.50. The highest BCUT2D eigenvalue weighted by atomic mass is 32.1.